The fraction of sp³-hybridized carbons (Fsp3) is 0.667. The van der Waals surface area contributed by atoms with Crippen LogP contribution < -0.4 is 0 Å². The molecule has 118 valence electrons. The van der Waals surface area contributed by atoms with E-state index in [1.165, 1.54) is 4.90 Å². The quantitative estimate of drug-likeness (QED) is 0.628. The Hall–Kier alpha value is -2.16. The van der Waals surface area contributed by atoms with Crippen LogP contribution >= 0.6 is 0 Å². The normalized spacial score (nSPS) is 17.5. The van der Waals surface area contributed by atoms with E-state index in [4.69, 9.17) is 14.6 Å². The minimum absolute atomic E-state index is 0.239. The highest BCUT2D eigenvalue weighted by Gasteiger charge is 2.41. The number of ether oxygens (including phenoxy) is 3. The molecule has 0 saturated carbocycles. The van der Waals surface area contributed by atoms with E-state index in [1.54, 1.807) is 0 Å². The number of nitrogens with zero attached hydrogens (tertiary/aromatic N) is 1. The van der Waals surface area contributed by atoms with Gasteiger partial charge in [0, 0.05) is 26.9 Å². The Morgan fingerprint density at radius 3 is 1.90 bits per heavy atom. The number of carboxylic acids is 1. The van der Waals surface area contributed by atoms with Gasteiger partial charge in [-0.25, -0.2) is 4.79 Å². The van der Waals surface area contributed by atoms with Gasteiger partial charge < -0.3 is 24.2 Å². The number of esters is 2. The molecule has 1 rings (SSSR count). The molecule has 1 fully saturated rings. The average Bonchev–Trinajstić information content (AvgIpc) is 2.42. The van der Waals surface area contributed by atoms with Crippen molar-refractivity contribution in [3.05, 3.63) is 0 Å². The molecule has 0 bridgehead atoms. The van der Waals surface area contributed by atoms with Crippen molar-refractivity contribution >= 4 is 23.8 Å². The summed E-state index contributed by atoms with van der Waals surface area (Å²) in [5.41, 5.74) is 0. The van der Waals surface area contributed by atoms with Gasteiger partial charge in [0.2, 0.25) is 12.2 Å². The summed E-state index contributed by atoms with van der Waals surface area (Å²) in [6, 6.07) is 0. The van der Waals surface area contributed by atoms with Gasteiger partial charge in [-0.2, -0.15) is 0 Å². The van der Waals surface area contributed by atoms with Gasteiger partial charge in [0.1, 0.15) is 0 Å². The molecule has 0 radical (unpaired) electrons. The third-order valence-corrected chi connectivity index (χ3v) is 2.67. The van der Waals surface area contributed by atoms with E-state index in [1.807, 2.05) is 0 Å². The van der Waals surface area contributed by atoms with Gasteiger partial charge in [0.25, 0.3) is 5.91 Å². The highest BCUT2D eigenvalue weighted by molar-refractivity contribution is 5.91. The Labute approximate surface area is 120 Å². The zero-order valence-electron chi connectivity index (χ0n) is 11.7. The lowest BCUT2D eigenvalue weighted by atomic mass is 10.1. The third-order valence-electron chi connectivity index (χ3n) is 2.67. The van der Waals surface area contributed by atoms with Gasteiger partial charge >= 0.3 is 17.9 Å². The summed E-state index contributed by atoms with van der Waals surface area (Å²) in [4.78, 5) is 46.9. The summed E-state index contributed by atoms with van der Waals surface area (Å²) in [5, 5.41) is 9.09. The van der Waals surface area contributed by atoms with Crippen molar-refractivity contribution in [3.63, 3.8) is 0 Å². The van der Waals surface area contributed by atoms with Gasteiger partial charge in [-0.15, -0.1) is 0 Å². The maximum Gasteiger partial charge on any atom is 0.349 e. The summed E-state index contributed by atoms with van der Waals surface area (Å²) in [6.45, 7) is 3.10. The second-order valence-corrected chi connectivity index (χ2v) is 4.34. The molecule has 9 heteroatoms. The molecule has 1 aliphatic heterocycles. The lowest BCUT2D eigenvalue weighted by Gasteiger charge is -2.31. The fourth-order valence-electron chi connectivity index (χ4n) is 1.80. The van der Waals surface area contributed by atoms with Crippen molar-refractivity contribution in [1.29, 1.82) is 0 Å². The van der Waals surface area contributed by atoms with Crippen molar-refractivity contribution in [3.8, 4) is 0 Å². The molecule has 9 nitrogen and oxygen atoms in total. The summed E-state index contributed by atoms with van der Waals surface area (Å²) >= 11 is 0. The first kappa shape index (κ1) is 16.9. The van der Waals surface area contributed by atoms with Crippen LogP contribution in [0.4, 0.5) is 0 Å². The molecule has 1 N–H and O–H groups in total. The zero-order chi connectivity index (χ0) is 16.0. The maximum atomic E-state index is 12.3. The van der Waals surface area contributed by atoms with E-state index in [2.05, 4.69) is 4.74 Å². The molecule has 0 unspecified atom stereocenters. The van der Waals surface area contributed by atoms with Gasteiger partial charge in [-0.1, -0.05) is 0 Å². The van der Waals surface area contributed by atoms with Crippen LogP contribution in [0, 0.1) is 0 Å². The number of morpholine rings is 1. The largest absolute Gasteiger partial charge is 0.478 e. The molecule has 0 aliphatic carbocycles. The van der Waals surface area contributed by atoms with Gasteiger partial charge in [0.15, 0.2) is 0 Å². The Balaban J connectivity index is 2.94. The first-order chi connectivity index (χ1) is 9.82. The van der Waals surface area contributed by atoms with Gasteiger partial charge in [-0.3, -0.25) is 14.4 Å². The first-order valence-corrected chi connectivity index (χ1v) is 6.26. The van der Waals surface area contributed by atoms with Crippen LogP contribution in [0.1, 0.15) is 13.8 Å². The number of carbonyl (C=O) groups excluding carboxylic acids is 3. The fourth-order valence-corrected chi connectivity index (χ4v) is 1.80. The molecular weight excluding hydrogens is 286 g/mol. The van der Waals surface area contributed by atoms with Crippen LogP contribution in [0.25, 0.3) is 0 Å². The molecule has 0 aromatic carbocycles. The summed E-state index contributed by atoms with van der Waals surface area (Å²) in [5.74, 6) is -4.05. The predicted molar refractivity (Wildman–Crippen MR) is 66.1 cm³/mol. The summed E-state index contributed by atoms with van der Waals surface area (Å²) in [6.07, 6.45) is -3.61. The second kappa shape index (κ2) is 7.58. The third kappa shape index (κ3) is 5.03. The van der Waals surface area contributed by atoms with Crippen LogP contribution in [-0.2, 0) is 33.4 Å². The molecule has 2 atom stereocenters. The highest BCUT2D eigenvalue weighted by atomic mass is 16.6. The Morgan fingerprint density at radius 1 is 1.00 bits per heavy atom. The first-order valence-electron chi connectivity index (χ1n) is 6.26. The van der Waals surface area contributed by atoms with Crippen LogP contribution in [-0.4, -0.2) is 72.3 Å². The van der Waals surface area contributed by atoms with E-state index in [9.17, 15) is 19.2 Å². The van der Waals surface area contributed by atoms with Crippen LogP contribution in [0.3, 0.4) is 0 Å². The smallest absolute Gasteiger partial charge is 0.349 e. The maximum absolute atomic E-state index is 12.3. The topological polar surface area (TPSA) is 119 Å². The molecule has 1 saturated heterocycles. The molecular formula is C12H17NO8. The second-order valence-electron chi connectivity index (χ2n) is 4.34. The Bertz CT molecular complexity index is 429. The highest BCUT2D eigenvalue weighted by Crippen LogP contribution is 2.12. The van der Waals surface area contributed by atoms with Crippen LogP contribution in [0.15, 0.2) is 0 Å². The lowest BCUT2D eigenvalue weighted by Crippen LogP contribution is -2.53. The lowest BCUT2D eigenvalue weighted by molar-refractivity contribution is -0.184. The number of carbonyl (C=O) groups is 4. The Morgan fingerprint density at radius 2 is 1.48 bits per heavy atom. The van der Waals surface area contributed by atoms with E-state index >= 15 is 0 Å². The van der Waals surface area contributed by atoms with Crippen molar-refractivity contribution in [2.75, 3.05) is 26.3 Å². The minimum atomic E-state index is -1.89. The molecule has 0 aromatic heterocycles. The molecule has 1 heterocycles. The number of aliphatic carboxylic acids is 1. The van der Waals surface area contributed by atoms with Crippen molar-refractivity contribution in [1.82, 2.24) is 4.90 Å². The van der Waals surface area contributed by atoms with Crippen molar-refractivity contribution in [2.24, 2.45) is 0 Å². The zero-order valence-corrected chi connectivity index (χ0v) is 11.7. The van der Waals surface area contributed by atoms with E-state index in [-0.39, 0.29) is 13.1 Å². The standard InChI is InChI=1S/C12H17NO8/c1-7(14)20-9(10(12(17)18)21-8(2)15)11(16)13-3-5-19-6-4-13/h9-10H,3-6H2,1-2H3,(H,17,18)/t9-,10+/m1/s1. The van der Waals surface area contributed by atoms with Crippen molar-refractivity contribution in [2.45, 2.75) is 26.1 Å². The van der Waals surface area contributed by atoms with Gasteiger partial charge in [-0.05, 0) is 0 Å². The monoisotopic (exact) mass is 303 g/mol. The van der Waals surface area contributed by atoms with Crippen LogP contribution in [0.2, 0.25) is 0 Å². The SMILES string of the molecule is CC(=O)O[C@H](C(=O)O)[C@@H](OC(C)=O)C(=O)N1CCOCC1. The summed E-state index contributed by atoms with van der Waals surface area (Å²) in [7, 11) is 0. The molecule has 1 aliphatic rings. The predicted octanol–water partition coefficient (Wildman–Crippen LogP) is -1.21. The van der Waals surface area contributed by atoms with E-state index in [0.717, 1.165) is 13.8 Å². The number of amides is 1. The number of hydrogen-bond acceptors (Lipinski definition) is 7. The minimum Gasteiger partial charge on any atom is -0.478 e. The number of rotatable bonds is 5. The molecule has 0 aromatic rings. The van der Waals surface area contributed by atoms with Crippen LogP contribution in [0.5, 0.6) is 0 Å². The molecule has 21 heavy (non-hydrogen) atoms. The Kier molecular flexibility index (Phi) is 6.10. The average molecular weight is 303 g/mol. The van der Waals surface area contributed by atoms with E-state index in [0.29, 0.717) is 13.2 Å². The number of carboxylic acid groups (broad SMARTS) is 1. The van der Waals surface area contributed by atoms with Gasteiger partial charge in [0.05, 0.1) is 13.2 Å². The van der Waals surface area contributed by atoms with Crippen molar-refractivity contribution < 1.29 is 38.5 Å². The number of hydrogen-bond donors (Lipinski definition) is 1. The summed E-state index contributed by atoms with van der Waals surface area (Å²) < 4.78 is 14.4. The molecule has 0 spiro atoms. The van der Waals surface area contributed by atoms with E-state index < -0.39 is 36.0 Å². The molecule has 1 amide bonds.